The summed E-state index contributed by atoms with van der Waals surface area (Å²) in [6.45, 7) is 9.58. The Morgan fingerprint density at radius 1 is 0.735 bits per heavy atom. The molecule has 0 aromatic carbocycles. The Morgan fingerprint density at radius 2 is 1.06 bits per heavy atom. The molecule has 0 saturated carbocycles. The van der Waals surface area contributed by atoms with Crippen molar-refractivity contribution in [3.05, 3.63) is 33.7 Å². The van der Waals surface area contributed by atoms with Gasteiger partial charge in [-0.3, -0.25) is 19.4 Å². The molecule has 188 valence electrons. The van der Waals surface area contributed by atoms with Crippen molar-refractivity contribution in [1.29, 1.82) is 0 Å². The summed E-state index contributed by atoms with van der Waals surface area (Å²) in [7, 11) is 0. The van der Waals surface area contributed by atoms with Gasteiger partial charge in [-0.15, -0.1) is 0 Å². The maximum atomic E-state index is 11.8. The van der Waals surface area contributed by atoms with Crippen molar-refractivity contribution in [3.63, 3.8) is 0 Å². The van der Waals surface area contributed by atoms with Crippen LogP contribution in [0.1, 0.15) is 41.5 Å². The minimum atomic E-state index is -1.08. The van der Waals surface area contributed by atoms with Crippen LogP contribution in [0.4, 0.5) is 21.0 Å². The summed E-state index contributed by atoms with van der Waals surface area (Å²) < 4.78 is 10.3. The number of anilines is 2. The lowest BCUT2D eigenvalue weighted by Gasteiger charge is -2.25. The van der Waals surface area contributed by atoms with Gasteiger partial charge in [0.15, 0.2) is 0 Å². The second-order valence-electron chi connectivity index (χ2n) is 8.88. The smallest absolute Gasteiger partial charge is 0.415 e. The lowest BCUT2D eigenvalue weighted by molar-refractivity contribution is -0.136. The molecular weight excluding hydrogens is 484 g/mol. The first-order valence-electron chi connectivity index (χ1n) is 10.1. The highest BCUT2D eigenvalue weighted by atomic mass is 32.1. The molecule has 0 saturated heterocycles. The van der Waals surface area contributed by atoms with E-state index in [4.69, 9.17) is 19.7 Å². The summed E-state index contributed by atoms with van der Waals surface area (Å²) in [6, 6.07) is 3.36. The summed E-state index contributed by atoms with van der Waals surface area (Å²) in [6.07, 6.45) is -1.31. The molecule has 0 bridgehead atoms. The molecule has 2 heterocycles. The number of hydrogen-bond acceptors (Lipinski definition) is 8. The van der Waals surface area contributed by atoms with Crippen molar-refractivity contribution in [2.45, 2.75) is 52.7 Å². The molecule has 0 spiro atoms. The van der Waals surface area contributed by atoms with Gasteiger partial charge in [0.1, 0.15) is 24.3 Å². The average Bonchev–Trinajstić information content (AvgIpc) is 3.35. The number of rotatable bonds is 6. The molecule has 34 heavy (non-hydrogen) atoms. The zero-order valence-electron chi connectivity index (χ0n) is 19.9. The lowest BCUT2D eigenvalue weighted by Crippen LogP contribution is -2.39. The van der Waals surface area contributed by atoms with Crippen LogP contribution in [0.25, 0.3) is 0 Å². The molecule has 0 aliphatic heterocycles. The molecule has 0 radical (unpaired) electrons. The van der Waals surface area contributed by atoms with Crippen LogP contribution < -0.4 is 9.80 Å². The van der Waals surface area contributed by atoms with Gasteiger partial charge in [0, 0.05) is 10.8 Å². The summed E-state index contributed by atoms with van der Waals surface area (Å²) in [5, 5.41) is 24.5. The Kier molecular flexibility index (Phi) is 10.5. The number of carboxylic acids is 2. The third-order valence-corrected chi connectivity index (χ3v) is 4.79. The van der Waals surface area contributed by atoms with Crippen LogP contribution in [0.15, 0.2) is 33.7 Å². The SMILES string of the molecule is CC(C)(C)OC(=O)N(CC(=O)O)c1ccsc1.CC(C)(C)OC(=O)N(CC(=O)O)c1ccsc1. The van der Waals surface area contributed by atoms with Crippen LogP contribution in [0.3, 0.4) is 0 Å². The van der Waals surface area contributed by atoms with E-state index in [1.165, 1.54) is 22.7 Å². The highest BCUT2D eigenvalue weighted by Gasteiger charge is 2.26. The first-order valence-corrected chi connectivity index (χ1v) is 12.0. The predicted octanol–water partition coefficient (Wildman–Crippen LogP) is 5.15. The molecule has 2 aromatic heterocycles. The first kappa shape index (κ1) is 28.9. The standard InChI is InChI=1S/2C11H15NO4S/c2*1-11(2,3)16-10(15)12(6-9(13)14)8-4-5-17-7-8/h2*4-5,7H,6H2,1-3H3,(H,13,14). The Labute approximate surface area is 206 Å². The molecule has 0 unspecified atom stereocenters. The average molecular weight is 515 g/mol. The lowest BCUT2D eigenvalue weighted by atomic mass is 10.2. The van der Waals surface area contributed by atoms with Crippen LogP contribution >= 0.6 is 22.7 Å². The number of aliphatic carboxylic acids is 2. The van der Waals surface area contributed by atoms with Gasteiger partial charge in [-0.05, 0) is 64.4 Å². The molecular formula is C22H30N2O8S2. The highest BCUT2D eigenvalue weighted by Crippen LogP contribution is 2.22. The topological polar surface area (TPSA) is 134 Å². The van der Waals surface area contributed by atoms with E-state index in [2.05, 4.69) is 0 Å². The quantitative estimate of drug-likeness (QED) is 0.541. The van der Waals surface area contributed by atoms with E-state index in [9.17, 15) is 19.2 Å². The fraction of sp³-hybridized carbons (Fsp3) is 0.455. The van der Waals surface area contributed by atoms with Crippen LogP contribution in [0, 0.1) is 0 Å². The van der Waals surface area contributed by atoms with Gasteiger partial charge < -0.3 is 19.7 Å². The van der Waals surface area contributed by atoms with Crippen LogP contribution in [0.2, 0.25) is 0 Å². The zero-order valence-corrected chi connectivity index (χ0v) is 21.6. The van der Waals surface area contributed by atoms with Gasteiger partial charge >= 0.3 is 24.1 Å². The Morgan fingerprint density at radius 3 is 1.26 bits per heavy atom. The largest absolute Gasteiger partial charge is 0.480 e. The van der Waals surface area contributed by atoms with Crippen molar-refractivity contribution >= 4 is 58.2 Å². The molecule has 0 atom stereocenters. The Hall–Kier alpha value is -3.12. The van der Waals surface area contributed by atoms with Crippen LogP contribution in [-0.4, -0.2) is 58.6 Å². The normalized spacial score (nSPS) is 11.0. The van der Waals surface area contributed by atoms with Gasteiger partial charge in [0.05, 0.1) is 11.4 Å². The first-order chi connectivity index (χ1) is 15.6. The van der Waals surface area contributed by atoms with Gasteiger partial charge in [0.2, 0.25) is 0 Å². The number of amides is 2. The minimum absolute atomic E-state index is 0.411. The summed E-state index contributed by atoms with van der Waals surface area (Å²) in [4.78, 5) is 47.3. The van der Waals surface area contributed by atoms with Gasteiger partial charge in [-0.25, -0.2) is 9.59 Å². The number of hydrogen-bond donors (Lipinski definition) is 2. The maximum Gasteiger partial charge on any atom is 0.415 e. The zero-order chi connectivity index (χ0) is 26.1. The van der Waals surface area contributed by atoms with Crippen molar-refractivity contribution in [2.24, 2.45) is 0 Å². The fourth-order valence-corrected chi connectivity index (χ4v) is 3.53. The molecule has 2 N–H and O–H groups in total. The van der Waals surface area contributed by atoms with Gasteiger partial charge in [-0.2, -0.15) is 22.7 Å². The van der Waals surface area contributed by atoms with Crippen molar-refractivity contribution in [1.82, 2.24) is 0 Å². The second kappa shape index (κ2) is 12.4. The summed E-state index contributed by atoms with van der Waals surface area (Å²) >= 11 is 2.78. The fourth-order valence-electron chi connectivity index (χ4n) is 2.25. The monoisotopic (exact) mass is 514 g/mol. The molecule has 10 nitrogen and oxygen atoms in total. The molecule has 0 aliphatic rings. The van der Waals surface area contributed by atoms with E-state index in [0.29, 0.717) is 11.4 Å². The van der Waals surface area contributed by atoms with Gasteiger partial charge in [0.25, 0.3) is 0 Å². The van der Waals surface area contributed by atoms with Crippen molar-refractivity contribution in [2.75, 3.05) is 22.9 Å². The molecule has 0 fully saturated rings. The second-order valence-corrected chi connectivity index (χ2v) is 10.4. The highest BCUT2D eigenvalue weighted by molar-refractivity contribution is 7.08. The molecule has 12 heteroatoms. The summed E-state index contributed by atoms with van der Waals surface area (Å²) in [5.74, 6) is -2.16. The number of carboxylic acid groups (broad SMARTS) is 2. The number of ether oxygens (including phenoxy) is 2. The molecule has 2 aromatic rings. The van der Waals surface area contributed by atoms with Crippen molar-refractivity contribution in [3.8, 4) is 0 Å². The van der Waals surface area contributed by atoms with Crippen LogP contribution in [-0.2, 0) is 19.1 Å². The van der Waals surface area contributed by atoms with E-state index >= 15 is 0 Å². The Bertz CT molecular complexity index is 866. The van der Waals surface area contributed by atoms with Crippen molar-refractivity contribution < 1.29 is 38.9 Å². The number of nitrogens with zero attached hydrogens (tertiary/aromatic N) is 2. The van der Waals surface area contributed by atoms with E-state index in [0.717, 1.165) is 9.80 Å². The van der Waals surface area contributed by atoms with E-state index in [-0.39, 0.29) is 0 Å². The third-order valence-electron chi connectivity index (χ3n) is 3.45. The summed E-state index contributed by atoms with van der Waals surface area (Å²) in [5.41, 5.74) is -0.230. The third kappa shape index (κ3) is 11.1. The number of thiophene rings is 2. The van der Waals surface area contributed by atoms with E-state index < -0.39 is 48.4 Å². The van der Waals surface area contributed by atoms with Crippen LogP contribution in [0.5, 0.6) is 0 Å². The predicted molar refractivity (Wildman–Crippen MR) is 131 cm³/mol. The van der Waals surface area contributed by atoms with E-state index in [1.54, 1.807) is 75.2 Å². The maximum absolute atomic E-state index is 11.8. The van der Waals surface area contributed by atoms with E-state index in [1.807, 2.05) is 0 Å². The minimum Gasteiger partial charge on any atom is -0.480 e. The number of carbonyl (C=O) groups is 4. The van der Waals surface area contributed by atoms with Gasteiger partial charge in [-0.1, -0.05) is 0 Å². The Balaban J connectivity index is 0.000000340. The molecule has 0 aliphatic carbocycles. The molecule has 2 rings (SSSR count). The molecule has 2 amide bonds. The number of carbonyl (C=O) groups excluding carboxylic acids is 2.